The molecule has 34 heavy (non-hydrogen) atoms. The van der Waals surface area contributed by atoms with Gasteiger partial charge in [-0.15, -0.1) is 0 Å². The van der Waals surface area contributed by atoms with Crippen molar-refractivity contribution >= 4 is 39.1 Å². The van der Waals surface area contributed by atoms with Gasteiger partial charge in [-0.05, 0) is 57.0 Å². The maximum absolute atomic E-state index is 13.1. The fourth-order valence-corrected chi connectivity index (χ4v) is 4.55. The Morgan fingerprint density at radius 3 is 2.35 bits per heavy atom. The van der Waals surface area contributed by atoms with Crippen molar-refractivity contribution in [3.63, 3.8) is 0 Å². The van der Waals surface area contributed by atoms with E-state index in [1.807, 2.05) is 4.90 Å². The van der Waals surface area contributed by atoms with Crippen molar-refractivity contribution in [1.82, 2.24) is 4.31 Å². The SMILES string of the molecule is CC(=O)c1cccc(NC(=O)[C@@H](C)OC(=O)c2cc(S(=O)(=O)N(C)C)ccc2N2CCCC2)c1. The number of nitrogens with zero attached hydrogens (tertiary/aromatic N) is 2. The summed E-state index contributed by atoms with van der Waals surface area (Å²) in [7, 11) is -0.946. The lowest BCUT2D eigenvalue weighted by molar-refractivity contribution is -0.123. The second kappa shape index (κ2) is 10.4. The lowest BCUT2D eigenvalue weighted by atomic mass is 10.1. The van der Waals surface area contributed by atoms with Gasteiger partial charge in [0, 0.05) is 38.4 Å². The summed E-state index contributed by atoms with van der Waals surface area (Å²) in [6.45, 7) is 4.33. The van der Waals surface area contributed by atoms with E-state index in [1.165, 1.54) is 46.1 Å². The minimum Gasteiger partial charge on any atom is -0.449 e. The number of carbonyl (C=O) groups is 3. The summed E-state index contributed by atoms with van der Waals surface area (Å²) < 4.78 is 31.7. The highest BCUT2D eigenvalue weighted by Gasteiger charge is 2.27. The van der Waals surface area contributed by atoms with Crippen molar-refractivity contribution in [3.8, 4) is 0 Å². The molecule has 0 bridgehead atoms. The lowest BCUT2D eigenvalue weighted by Gasteiger charge is -2.23. The summed E-state index contributed by atoms with van der Waals surface area (Å²) in [6, 6.07) is 10.8. The second-order valence-electron chi connectivity index (χ2n) is 8.33. The molecule has 10 heteroatoms. The molecule has 2 aromatic rings. The van der Waals surface area contributed by atoms with E-state index < -0.39 is 28.0 Å². The van der Waals surface area contributed by atoms with Crippen LogP contribution < -0.4 is 10.2 Å². The van der Waals surface area contributed by atoms with Crippen LogP contribution in [0.25, 0.3) is 0 Å². The molecular formula is C24H29N3O6S. The first-order valence-electron chi connectivity index (χ1n) is 10.9. The van der Waals surface area contributed by atoms with Gasteiger partial charge in [-0.1, -0.05) is 12.1 Å². The maximum Gasteiger partial charge on any atom is 0.341 e. The summed E-state index contributed by atoms with van der Waals surface area (Å²) in [6.07, 6.45) is 0.767. The van der Waals surface area contributed by atoms with Crippen LogP contribution in [0.5, 0.6) is 0 Å². The van der Waals surface area contributed by atoms with Crippen LogP contribution in [0, 0.1) is 0 Å². The molecule has 1 amide bonds. The number of amides is 1. The fourth-order valence-electron chi connectivity index (χ4n) is 3.62. The van der Waals surface area contributed by atoms with E-state index in [4.69, 9.17) is 4.74 Å². The Balaban J connectivity index is 1.83. The van der Waals surface area contributed by atoms with Crippen LogP contribution in [0.2, 0.25) is 0 Å². The maximum atomic E-state index is 13.1. The van der Waals surface area contributed by atoms with E-state index >= 15 is 0 Å². The summed E-state index contributed by atoms with van der Waals surface area (Å²) in [4.78, 5) is 39.3. The molecule has 1 heterocycles. The first-order valence-corrected chi connectivity index (χ1v) is 12.4. The van der Waals surface area contributed by atoms with Crippen molar-refractivity contribution < 1.29 is 27.5 Å². The Morgan fingerprint density at radius 2 is 1.74 bits per heavy atom. The van der Waals surface area contributed by atoms with Gasteiger partial charge in [-0.3, -0.25) is 9.59 Å². The number of rotatable bonds is 8. The van der Waals surface area contributed by atoms with Gasteiger partial charge in [0.25, 0.3) is 5.91 Å². The van der Waals surface area contributed by atoms with Crippen LogP contribution in [0.1, 0.15) is 47.4 Å². The number of Topliss-reactive ketones (excluding diaryl/α,β-unsaturated/α-hetero) is 1. The van der Waals surface area contributed by atoms with Gasteiger partial charge >= 0.3 is 5.97 Å². The molecule has 1 aliphatic rings. The molecule has 1 N–H and O–H groups in total. The van der Waals surface area contributed by atoms with Crippen LogP contribution in [0.4, 0.5) is 11.4 Å². The number of hydrogen-bond donors (Lipinski definition) is 1. The molecule has 0 spiro atoms. The number of ether oxygens (including phenoxy) is 1. The van der Waals surface area contributed by atoms with E-state index in [-0.39, 0.29) is 16.2 Å². The van der Waals surface area contributed by atoms with E-state index in [9.17, 15) is 22.8 Å². The Hall–Kier alpha value is -3.24. The van der Waals surface area contributed by atoms with Gasteiger partial charge in [0.15, 0.2) is 11.9 Å². The van der Waals surface area contributed by atoms with Gasteiger partial charge in [-0.2, -0.15) is 0 Å². The number of anilines is 2. The third-order valence-electron chi connectivity index (χ3n) is 5.60. The number of esters is 1. The van der Waals surface area contributed by atoms with Crippen LogP contribution in [-0.2, 0) is 19.6 Å². The number of benzene rings is 2. The number of nitrogens with one attached hydrogen (secondary N) is 1. The molecule has 0 saturated carbocycles. The predicted molar refractivity (Wildman–Crippen MR) is 129 cm³/mol. The molecule has 0 unspecified atom stereocenters. The Labute approximate surface area is 199 Å². The molecule has 182 valence electrons. The molecule has 2 aromatic carbocycles. The van der Waals surface area contributed by atoms with Gasteiger partial charge < -0.3 is 15.0 Å². The van der Waals surface area contributed by atoms with Gasteiger partial charge in [0.2, 0.25) is 10.0 Å². The molecule has 0 aliphatic carbocycles. The summed E-state index contributed by atoms with van der Waals surface area (Å²) >= 11 is 0. The predicted octanol–water partition coefficient (Wildman–Crippen LogP) is 2.92. The Morgan fingerprint density at radius 1 is 1.06 bits per heavy atom. The largest absolute Gasteiger partial charge is 0.449 e. The van der Waals surface area contributed by atoms with Crippen molar-refractivity contribution in [1.29, 1.82) is 0 Å². The average molecular weight is 488 g/mol. The van der Waals surface area contributed by atoms with Gasteiger partial charge in [-0.25, -0.2) is 17.5 Å². The van der Waals surface area contributed by atoms with E-state index in [2.05, 4.69) is 5.32 Å². The molecule has 9 nitrogen and oxygen atoms in total. The molecule has 1 atom stereocenters. The molecule has 0 radical (unpaired) electrons. The zero-order chi connectivity index (χ0) is 25.0. The van der Waals surface area contributed by atoms with Gasteiger partial charge in [0.05, 0.1) is 16.1 Å². The highest BCUT2D eigenvalue weighted by molar-refractivity contribution is 7.89. The van der Waals surface area contributed by atoms with Crippen molar-refractivity contribution in [3.05, 3.63) is 53.6 Å². The van der Waals surface area contributed by atoms with E-state index in [0.717, 1.165) is 30.2 Å². The molecule has 1 aliphatic heterocycles. The smallest absolute Gasteiger partial charge is 0.341 e. The lowest BCUT2D eigenvalue weighted by Crippen LogP contribution is -2.31. The third kappa shape index (κ3) is 5.63. The van der Waals surface area contributed by atoms with Gasteiger partial charge in [0.1, 0.15) is 0 Å². The Bertz CT molecular complexity index is 1200. The standard InChI is InChI=1S/C24H29N3O6S/c1-16(28)18-8-7-9-19(14-18)25-23(29)17(2)33-24(30)21-15-20(34(31,32)26(3)4)10-11-22(21)27-12-5-6-13-27/h7-11,14-15,17H,5-6,12-13H2,1-4H3,(H,25,29)/t17-/m1/s1. The summed E-state index contributed by atoms with van der Waals surface area (Å²) in [5, 5.41) is 2.63. The normalized spacial score (nSPS) is 14.7. The van der Waals surface area contributed by atoms with Crippen molar-refractivity contribution in [2.24, 2.45) is 0 Å². The topological polar surface area (TPSA) is 113 Å². The number of sulfonamides is 1. The number of hydrogen-bond acceptors (Lipinski definition) is 7. The van der Waals surface area contributed by atoms with Crippen molar-refractivity contribution in [2.75, 3.05) is 37.4 Å². The second-order valence-corrected chi connectivity index (χ2v) is 10.5. The molecule has 3 rings (SSSR count). The minimum absolute atomic E-state index is 0.0365. The monoisotopic (exact) mass is 487 g/mol. The Kier molecular flexibility index (Phi) is 7.73. The summed E-state index contributed by atoms with van der Waals surface area (Å²) in [5.74, 6) is -1.51. The first kappa shape index (κ1) is 25.4. The van der Waals surface area contributed by atoms with Crippen LogP contribution in [0.3, 0.4) is 0 Å². The summed E-state index contributed by atoms with van der Waals surface area (Å²) in [5.41, 5.74) is 1.50. The van der Waals surface area contributed by atoms with Crippen LogP contribution >= 0.6 is 0 Å². The quantitative estimate of drug-likeness (QED) is 0.450. The van der Waals surface area contributed by atoms with E-state index in [0.29, 0.717) is 16.9 Å². The minimum atomic E-state index is -3.77. The fraction of sp³-hybridized carbons (Fsp3) is 0.375. The number of carbonyl (C=O) groups excluding carboxylic acids is 3. The molecular weight excluding hydrogens is 458 g/mol. The van der Waals surface area contributed by atoms with Crippen LogP contribution in [0.15, 0.2) is 47.4 Å². The first-order chi connectivity index (χ1) is 16.0. The third-order valence-corrected chi connectivity index (χ3v) is 7.41. The highest BCUT2D eigenvalue weighted by atomic mass is 32.2. The van der Waals surface area contributed by atoms with Crippen LogP contribution in [-0.4, -0.2) is 63.7 Å². The molecule has 1 saturated heterocycles. The van der Waals surface area contributed by atoms with E-state index in [1.54, 1.807) is 24.3 Å². The molecule has 0 aromatic heterocycles. The number of ketones is 1. The van der Waals surface area contributed by atoms with Crippen molar-refractivity contribution in [2.45, 2.75) is 37.7 Å². The highest BCUT2D eigenvalue weighted by Crippen LogP contribution is 2.29. The molecule has 1 fully saturated rings. The zero-order valence-electron chi connectivity index (χ0n) is 19.7. The zero-order valence-corrected chi connectivity index (χ0v) is 20.5. The average Bonchev–Trinajstić information content (AvgIpc) is 3.33.